The molecule has 1 fully saturated rings. The Bertz CT molecular complexity index is 217. The molecule has 4 nitrogen and oxygen atoms in total. The Morgan fingerprint density at radius 1 is 1.50 bits per heavy atom. The molecule has 1 atom stereocenters. The molecule has 16 heavy (non-hydrogen) atoms. The maximum atomic E-state index is 11.0. The second kappa shape index (κ2) is 6.86. The third-order valence-corrected chi connectivity index (χ3v) is 2.94. The lowest BCUT2D eigenvalue weighted by atomic mass is 10.2. The fourth-order valence-corrected chi connectivity index (χ4v) is 1.97. The van der Waals surface area contributed by atoms with Gasteiger partial charge in [-0.05, 0) is 38.3 Å². The standard InChI is InChI=1S/C12H24N2O2/c1-3-7-14(8-10-5-6-10)9-11(12(15)16)13-4-2/h10-11,13H,3-9H2,1-2H3,(H,15,16). The molecule has 0 aromatic carbocycles. The first-order valence-corrected chi connectivity index (χ1v) is 6.35. The Hall–Kier alpha value is -0.610. The normalized spacial score (nSPS) is 17.7. The van der Waals surface area contributed by atoms with Crippen molar-refractivity contribution in [3.8, 4) is 0 Å². The van der Waals surface area contributed by atoms with E-state index in [0.717, 1.165) is 25.4 Å². The van der Waals surface area contributed by atoms with Gasteiger partial charge in [-0.15, -0.1) is 0 Å². The first kappa shape index (κ1) is 13.5. The van der Waals surface area contributed by atoms with Crippen LogP contribution in [0.15, 0.2) is 0 Å². The lowest BCUT2D eigenvalue weighted by Crippen LogP contribution is -2.46. The lowest BCUT2D eigenvalue weighted by Gasteiger charge is -2.25. The number of carboxylic acid groups (broad SMARTS) is 1. The fourth-order valence-electron chi connectivity index (χ4n) is 1.97. The van der Waals surface area contributed by atoms with Crippen LogP contribution < -0.4 is 5.32 Å². The van der Waals surface area contributed by atoms with Crippen LogP contribution >= 0.6 is 0 Å². The minimum Gasteiger partial charge on any atom is -0.480 e. The topological polar surface area (TPSA) is 52.6 Å². The maximum absolute atomic E-state index is 11.0. The molecule has 2 N–H and O–H groups in total. The summed E-state index contributed by atoms with van der Waals surface area (Å²) in [6.45, 7) is 7.51. The van der Waals surface area contributed by atoms with E-state index in [9.17, 15) is 4.79 Å². The molecule has 0 aromatic rings. The van der Waals surface area contributed by atoms with E-state index < -0.39 is 12.0 Å². The van der Waals surface area contributed by atoms with Crippen molar-refractivity contribution in [2.75, 3.05) is 26.2 Å². The van der Waals surface area contributed by atoms with Crippen molar-refractivity contribution < 1.29 is 9.90 Å². The van der Waals surface area contributed by atoms with E-state index in [0.29, 0.717) is 13.1 Å². The number of nitrogens with zero attached hydrogens (tertiary/aromatic N) is 1. The van der Waals surface area contributed by atoms with Crippen molar-refractivity contribution in [2.24, 2.45) is 5.92 Å². The Balaban J connectivity index is 2.38. The predicted molar refractivity (Wildman–Crippen MR) is 64.6 cm³/mol. The minimum absolute atomic E-state index is 0.421. The SMILES string of the molecule is CCCN(CC1CC1)CC(NCC)C(=O)O. The van der Waals surface area contributed by atoms with E-state index in [1.807, 2.05) is 6.92 Å². The Morgan fingerprint density at radius 2 is 2.19 bits per heavy atom. The van der Waals surface area contributed by atoms with Gasteiger partial charge in [-0.2, -0.15) is 0 Å². The molecule has 1 aliphatic carbocycles. The zero-order valence-electron chi connectivity index (χ0n) is 10.4. The Morgan fingerprint density at radius 3 is 2.62 bits per heavy atom. The lowest BCUT2D eigenvalue weighted by molar-refractivity contribution is -0.140. The molecule has 0 radical (unpaired) electrons. The average Bonchev–Trinajstić information content (AvgIpc) is 3.01. The van der Waals surface area contributed by atoms with Crippen LogP contribution in [0.3, 0.4) is 0 Å². The van der Waals surface area contributed by atoms with Crippen molar-refractivity contribution in [3.05, 3.63) is 0 Å². The van der Waals surface area contributed by atoms with Gasteiger partial charge in [-0.1, -0.05) is 13.8 Å². The molecule has 1 unspecified atom stereocenters. The van der Waals surface area contributed by atoms with E-state index in [2.05, 4.69) is 17.1 Å². The number of hydrogen-bond acceptors (Lipinski definition) is 3. The molecular formula is C12H24N2O2. The van der Waals surface area contributed by atoms with Gasteiger partial charge in [-0.3, -0.25) is 4.79 Å². The second-order valence-electron chi connectivity index (χ2n) is 4.65. The van der Waals surface area contributed by atoms with Crippen LogP contribution in [0.4, 0.5) is 0 Å². The van der Waals surface area contributed by atoms with Crippen molar-refractivity contribution in [1.29, 1.82) is 0 Å². The second-order valence-corrected chi connectivity index (χ2v) is 4.65. The van der Waals surface area contributed by atoms with Crippen molar-refractivity contribution >= 4 is 5.97 Å². The number of rotatable bonds is 9. The molecule has 0 saturated heterocycles. The highest BCUT2D eigenvalue weighted by Crippen LogP contribution is 2.29. The first-order chi connectivity index (χ1) is 7.67. The highest BCUT2D eigenvalue weighted by atomic mass is 16.4. The number of likely N-dealkylation sites (N-methyl/N-ethyl adjacent to an activating group) is 1. The molecule has 0 bridgehead atoms. The Kier molecular flexibility index (Phi) is 5.77. The molecular weight excluding hydrogens is 204 g/mol. The van der Waals surface area contributed by atoms with Gasteiger partial charge < -0.3 is 15.3 Å². The van der Waals surface area contributed by atoms with E-state index >= 15 is 0 Å². The summed E-state index contributed by atoms with van der Waals surface area (Å²) in [6, 6.07) is -0.421. The molecule has 0 heterocycles. The zero-order chi connectivity index (χ0) is 12.0. The van der Waals surface area contributed by atoms with Gasteiger partial charge >= 0.3 is 5.97 Å². The van der Waals surface area contributed by atoms with E-state index in [4.69, 9.17) is 5.11 Å². The predicted octanol–water partition coefficient (Wildman–Crippen LogP) is 1.17. The summed E-state index contributed by atoms with van der Waals surface area (Å²) in [5.74, 6) is 0.0846. The largest absolute Gasteiger partial charge is 0.480 e. The molecule has 4 heteroatoms. The summed E-state index contributed by atoms with van der Waals surface area (Å²) >= 11 is 0. The monoisotopic (exact) mass is 228 g/mol. The van der Waals surface area contributed by atoms with Gasteiger partial charge in [0.15, 0.2) is 0 Å². The van der Waals surface area contributed by atoms with E-state index in [1.54, 1.807) is 0 Å². The number of aliphatic carboxylic acids is 1. The highest BCUT2D eigenvalue weighted by Gasteiger charge is 2.26. The maximum Gasteiger partial charge on any atom is 0.322 e. The molecule has 94 valence electrons. The molecule has 1 rings (SSSR count). The summed E-state index contributed by atoms with van der Waals surface area (Å²) in [5, 5.41) is 12.1. The summed E-state index contributed by atoms with van der Waals surface area (Å²) in [7, 11) is 0. The van der Waals surface area contributed by atoms with Gasteiger partial charge in [0.25, 0.3) is 0 Å². The smallest absolute Gasteiger partial charge is 0.322 e. The molecule has 0 aliphatic heterocycles. The average molecular weight is 228 g/mol. The molecule has 0 aromatic heterocycles. The van der Waals surface area contributed by atoms with Crippen molar-refractivity contribution in [1.82, 2.24) is 10.2 Å². The van der Waals surface area contributed by atoms with Crippen LogP contribution in [0.1, 0.15) is 33.1 Å². The summed E-state index contributed by atoms with van der Waals surface area (Å²) in [4.78, 5) is 13.3. The molecule has 1 saturated carbocycles. The third kappa shape index (κ3) is 4.94. The van der Waals surface area contributed by atoms with Gasteiger partial charge in [0.2, 0.25) is 0 Å². The quantitative estimate of drug-likeness (QED) is 0.622. The van der Waals surface area contributed by atoms with Gasteiger partial charge in [0, 0.05) is 13.1 Å². The van der Waals surface area contributed by atoms with Crippen LogP contribution in [-0.4, -0.2) is 48.2 Å². The van der Waals surface area contributed by atoms with Crippen molar-refractivity contribution in [2.45, 2.75) is 39.2 Å². The van der Waals surface area contributed by atoms with Crippen LogP contribution in [0.5, 0.6) is 0 Å². The zero-order valence-corrected chi connectivity index (χ0v) is 10.4. The summed E-state index contributed by atoms with van der Waals surface area (Å²) in [5.41, 5.74) is 0. The summed E-state index contributed by atoms with van der Waals surface area (Å²) in [6.07, 6.45) is 3.73. The molecule has 0 spiro atoms. The fraction of sp³-hybridized carbons (Fsp3) is 0.917. The van der Waals surface area contributed by atoms with Gasteiger partial charge in [0.1, 0.15) is 6.04 Å². The van der Waals surface area contributed by atoms with Crippen LogP contribution in [0, 0.1) is 5.92 Å². The first-order valence-electron chi connectivity index (χ1n) is 6.35. The molecule has 0 amide bonds. The highest BCUT2D eigenvalue weighted by molar-refractivity contribution is 5.73. The van der Waals surface area contributed by atoms with Crippen LogP contribution in [0.2, 0.25) is 0 Å². The van der Waals surface area contributed by atoms with Crippen LogP contribution in [-0.2, 0) is 4.79 Å². The minimum atomic E-state index is -0.737. The number of nitrogens with one attached hydrogen (secondary N) is 1. The Labute approximate surface area is 98.0 Å². The van der Waals surface area contributed by atoms with Crippen LogP contribution in [0.25, 0.3) is 0 Å². The summed E-state index contributed by atoms with van der Waals surface area (Å²) < 4.78 is 0. The van der Waals surface area contributed by atoms with Gasteiger partial charge in [0.05, 0.1) is 0 Å². The van der Waals surface area contributed by atoms with Crippen molar-refractivity contribution in [3.63, 3.8) is 0 Å². The number of hydrogen-bond donors (Lipinski definition) is 2. The van der Waals surface area contributed by atoms with E-state index in [-0.39, 0.29) is 0 Å². The number of carboxylic acids is 1. The third-order valence-electron chi connectivity index (χ3n) is 2.94. The number of carbonyl (C=O) groups is 1. The van der Waals surface area contributed by atoms with Gasteiger partial charge in [-0.25, -0.2) is 0 Å². The molecule has 1 aliphatic rings. The van der Waals surface area contributed by atoms with E-state index in [1.165, 1.54) is 12.8 Å².